The highest BCUT2D eigenvalue weighted by Gasteiger charge is 2.43. The van der Waals surface area contributed by atoms with Crippen molar-refractivity contribution in [3.8, 4) is 0 Å². The van der Waals surface area contributed by atoms with E-state index in [0.29, 0.717) is 5.91 Å². The Labute approximate surface area is 104 Å². The van der Waals surface area contributed by atoms with Crippen LogP contribution in [0.5, 0.6) is 0 Å². The van der Waals surface area contributed by atoms with Gasteiger partial charge in [-0.1, -0.05) is 0 Å². The molecule has 3 rings (SSSR count). The van der Waals surface area contributed by atoms with E-state index in [4.69, 9.17) is 0 Å². The monoisotopic (exact) mass is 236 g/mol. The minimum atomic E-state index is 0.0859. The topological polar surface area (TPSA) is 32.3 Å². The van der Waals surface area contributed by atoms with Crippen LogP contribution in [0.1, 0.15) is 38.5 Å². The summed E-state index contributed by atoms with van der Waals surface area (Å²) < 4.78 is 0. The lowest BCUT2D eigenvalue weighted by atomic mass is 9.95. The molecule has 1 atom stereocenters. The molecule has 1 saturated heterocycles. The largest absolute Gasteiger partial charge is 0.341 e. The number of piperidine rings is 1. The summed E-state index contributed by atoms with van der Waals surface area (Å²) in [5.41, 5.74) is 0. The number of nitrogens with one attached hydrogen (secondary N) is 1. The highest BCUT2D eigenvalue weighted by Crippen LogP contribution is 2.49. The van der Waals surface area contributed by atoms with Gasteiger partial charge in [0.1, 0.15) is 0 Å². The summed E-state index contributed by atoms with van der Waals surface area (Å²) in [4.78, 5) is 14.4. The zero-order chi connectivity index (χ0) is 11.8. The Morgan fingerprint density at radius 3 is 2.41 bits per heavy atom. The highest BCUT2D eigenvalue weighted by atomic mass is 16.2. The molecule has 0 aromatic carbocycles. The van der Waals surface area contributed by atoms with Gasteiger partial charge in [-0.15, -0.1) is 0 Å². The number of carbonyl (C=O) groups excluding carboxylic acids is 1. The molecule has 17 heavy (non-hydrogen) atoms. The lowest BCUT2D eigenvalue weighted by Crippen LogP contribution is -2.51. The van der Waals surface area contributed by atoms with E-state index >= 15 is 0 Å². The Bertz CT molecular complexity index is 285. The minimum absolute atomic E-state index is 0.0859. The highest BCUT2D eigenvalue weighted by molar-refractivity contribution is 5.82. The van der Waals surface area contributed by atoms with Crippen LogP contribution in [-0.4, -0.2) is 37.0 Å². The van der Waals surface area contributed by atoms with Gasteiger partial charge in [0.15, 0.2) is 0 Å². The molecule has 2 saturated carbocycles. The third kappa shape index (κ3) is 2.49. The zero-order valence-corrected chi connectivity index (χ0v) is 10.8. The second-order valence-electron chi connectivity index (χ2n) is 6.11. The van der Waals surface area contributed by atoms with E-state index in [-0.39, 0.29) is 6.04 Å². The molecule has 3 aliphatic rings. The molecular weight excluding hydrogens is 212 g/mol. The Balaban J connectivity index is 1.60. The molecule has 1 heterocycles. The number of carbonyl (C=O) groups is 1. The van der Waals surface area contributed by atoms with Gasteiger partial charge < -0.3 is 10.2 Å². The Kier molecular flexibility index (Phi) is 3.12. The van der Waals surface area contributed by atoms with Crippen LogP contribution >= 0.6 is 0 Å². The molecule has 1 amide bonds. The van der Waals surface area contributed by atoms with E-state index in [1.165, 1.54) is 32.1 Å². The van der Waals surface area contributed by atoms with Crippen LogP contribution in [0.3, 0.4) is 0 Å². The molecular formula is C14H24N2O. The van der Waals surface area contributed by atoms with Crippen LogP contribution in [0.2, 0.25) is 0 Å². The molecule has 96 valence electrons. The summed E-state index contributed by atoms with van der Waals surface area (Å²) in [5, 5.41) is 3.16. The summed E-state index contributed by atoms with van der Waals surface area (Å²) in [6.07, 6.45) is 7.84. The Morgan fingerprint density at radius 1 is 1.24 bits per heavy atom. The lowest BCUT2D eigenvalue weighted by Gasteiger charge is -2.34. The number of hydrogen-bond acceptors (Lipinski definition) is 2. The maximum absolute atomic E-state index is 12.2. The molecule has 0 bridgehead atoms. The summed E-state index contributed by atoms with van der Waals surface area (Å²) >= 11 is 0. The van der Waals surface area contributed by atoms with Gasteiger partial charge in [0, 0.05) is 13.1 Å². The van der Waals surface area contributed by atoms with E-state index < -0.39 is 0 Å². The van der Waals surface area contributed by atoms with Gasteiger partial charge in [0.2, 0.25) is 5.91 Å². The number of likely N-dealkylation sites (N-methyl/N-ethyl adjacent to an activating group) is 1. The number of likely N-dealkylation sites (tertiary alicyclic amines) is 1. The molecule has 0 aromatic heterocycles. The van der Waals surface area contributed by atoms with Crippen LogP contribution in [0.4, 0.5) is 0 Å². The molecule has 0 aromatic rings. The first kappa shape index (κ1) is 11.5. The fourth-order valence-electron chi connectivity index (χ4n) is 3.38. The third-order valence-corrected chi connectivity index (χ3v) is 4.77. The van der Waals surface area contributed by atoms with Crippen molar-refractivity contribution < 1.29 is 4.79 Å². The number of nitrogens with zero attached hydrogens (tertiary/aromatic N) is 1. The van der Waals surface area contributed by atoms with Crippen LogP contribution < -0.4 is 5.32 Å². The third-order valence-electron chi connectivity index (χ3n) is 4.77. The van der Waals surface area contributed by atoms with Crippen molar-refractivity contribution >= 4 is 5.91 Å². The van der Waals surface area contributed by atoms with Crippen LogP contribution in [0, 0.1) is 17.8 Å². The normalized spacial score (nSPS) is 30.1. The predicted octanol–water partition coefficient (Wildman–Crippen LogP) is 1.63. The van der Waals surface area contributed by atoms with E-state index in [1.807, 2.05) is 7.05 Å². The van der Waals surface area contributed by atoms with Crippen LogP contribution in [0.15, 0.2) is 0 Å². The molecule has 1 unspecified atom stereocenters. The second-order valence-corrected chi connectivity index (χ2v) is 6.11. The molecule has 3 fully saturated rings. The SMILES string of the molecule is CNC1CCCN(CC(C2CC2)C2CC2)C1=O. The molecule has 2 aliphatic carbocycles. The van der Waals surface area contributed by atoms with Crippen molar-refractivity contribution in [1.29, 1.82) is 0 Å². The summed E-state index contributed by atoms with van der Waals surface area (Å²) in [6, 6.07) is 0.0859. The maximum atomic E-state index is 12.2. The second kappa shape index (κ2) is 4.60. The summed E-state index contributed by atoms with van der Waals surface area (Å²) in [7, 11) is 1.91. The molecule has 1 aliphatic heterocycles. The van der Waals surface area contributed by atoms with Crippen molar-refractivity contribution in [1.82, 2.24) is 10.2 Å². The molecule has 0 spiro atoms. The van der Waals surface area contributed by atoms with Gasteiger partial charge in [-0.2, -0.15) is 0 Å². The van der Waals surface area contributed by atoms with Gasteiger partial charge in [-0.3, -0.25) is 4.79 Å². The van der Waals surface area contributed by atoms with E-state index in [0.717, 1.165) is 37.3 Å². The first-order chi connectivity index (χ1) is 8.29. The van der Waals surface area contributed by atoms with E-state index in [1.54, 1.807) is 0 Å². The number of amides is 1. The fourth-order valence-corrected chi connectivity index (χ4v) is 3.38. The molecule has 3 nitrogen and oxygen atoms in total. The van der Waals surface area contributed by atoms with E-state index in [9.17, 15) is 4.79 Å². The van der Waals surface area contributed by atoms with Gasteiger partial charge in [0.05, 0.1) is 6.04 Å². The average Bonchev–Trinajstić information content (AvgIpc) is 3.19. The lowest BCUT2D eigenvalue weighted by molar-refractivity contribution is -0.136. The maximum Gasteiger partial charge on any atom is 0.239 e. The quantitative estimate of drug-likeness (QED) is 0.787. The molecule has 1 N–H and O–H groups in total. The van der Waals surface area contributed by atoms with E-state index in [2.05, 4.69) is 10.2 Å². The van der Waals surface area contributed by atoms with Crippen molar-refractivity contribution in [3.63, 3.8) is 0 Å². The fraction of sp³-hybridized carbons (Fsp3) is 0.929. The summed E-state index contributed by atoms with van der Waals surface area (Å²) in [6.45, 7) is 2.04. The number of hydrogen-bond donors (Lipinski definition) is 1. The van der Waals surface area contributed by atoms with Crippen molar-refractivity contribution in [2.24, 2.45) is 17.8 Å². The van der Waals surface area contributed by atoms with Gasteiger partial charge >= 0.3 is 0 Å². The van der Waals surface area contributed by atoms with Crippen LogP contribution in [0.25, 0.3) is 0 Å². The first-order valence-corrected chi connectivity index (χ1v) is 7.25. The van der Waals surface area contributed by atoms with Gasteiger partial charge in [-0.25, -0.2) is 0 Å². The van der Waals surface area contributed by atoms with Crippen molar-refractivity contribution in [3.05, 3.63) is 0 Å². The Morgan fingerprint density at radius 2 is 1.88 bits per heavy atom. The smallest absolute Gasteiger partial charge is 0.239 e. The molecule has 3 heteroatoms. The first-order valence-electron chi connectivity index (χ1n) is 7.25. The van der Waals surface area contributed by atoms with Crippen molar-refractivity contribution in [2.75, 3.05) is 20.1 Å². The average molecular weight is 236 g/mol. The van der Waals surface area contributed by atoms with Gasteiger partial charge in [0.25, 0.3) is 0 Å². The minimum Gasteiger partial charge on any atom is -0.341 e. The van der Waals surface area contributed by atoms with Crippen LogP contribution in [-0.2, 0) is 4.79 Å². The Hall–Kier alpha value is -0.570. The standard InChI is InChI=1S/C14H24N2O/c1-15-13-3-2-8-16(14(13)17)9-12(10-4-5-10)11-6-7-11/h10-13,15H,2-9H2,1H3. The number of rotatable bonds is 5. The van der Waals surface area contributed by atoms with Crippen molar-refractivity contribution in [2.45, 2.75) is 44.6 Å². The zero-order valence-electron chi connectivity index (χ0n) is 10.8. The summed E-state index contributed by atoms with van der Waals surface area (Å²) in [5.74, 6) is 3.08. The van der Waals surface area contributed by atoms with Gasteiger partial charge in [-0.05, 0) is 63.3 Å². The predicted molar refractivity (Wildman–Crippen MR) is 67.6 cm³/mol. The molecule has 0 radical (unpaired) electrons.